The maximum atomic E-state index is 11.9. The number of amides is 1. The Morgan fingerprint density at radius 2 is 1.82 bits per heavy atom. The van der Waals surface area contributed by atoms with E-state index in [2.05, 4.69) is 5.43 Å². The summed E-state index contributed by atoms with van der Waals surface area (Å²) in [4.78, 5) is 22.7. The Kier molecular flexibility index (Phi) is 6.58. The number of hydrogen-bond acceptors (Lipinski definition) is 4. The van der Waals surface area contributed by atoms with E-state index in [1.54, 1.807) is 0 Å². The van der Waals surface area contributed by atoms with Crippen LogP contribution in [0.1, 0.15) is 39.5 Å². The van der Waals surface area contributed by atoms with Crippen LogP contribution in [0, 0.1) is 5.92 Å². The van der Waals surface area contributed by atoms with Crippen LogP contribution < -0.4 is 5.43 Å². The van der Waals surface area contributed by atoms with E-state index in [9.17, 15) is 9.59 Å². The SMILES string of the molecule is CC(=O)SCC(C)C(=O)NN1CCCCCC1. The highest BCUT2D eigenvalue weighted by Crippen LogP contribution is 2.11. The van der Waals surface area contributed by atoms with E-state index in [0.717, 1.165) is 25.9 Å². The van der Waals surface area contributed by atoms with E-state index in [-0.39, 0.29) is 16.9 Å². The van der Waals surface area contributed by atoms with Crippen LogP contribution in [-0.4, -0.2) is 34.9 Å². The second-order valence-electron chi connectivity index (χ2n) is 4.58. The first-order chi connectivity index (χ1) is 8.09. The number of rotatable bonds is 4. The zero-order valence-corrected chi connectivity index (χ0v) is 11.5. The Morgan fingerprint density at radius 3 is 2.35 bits per heavy atom. The Balaban J connectivity index is 2.28. The minimum Gasteiger partial charge on any atom is -0.289 e. The van der Waals surface area contributed by atoms with E-state index >= 15 is 0 Å². The maximum Gasteiger partial charge on any atom is 0.237 e. The third kappa shape index (κ3) is 6.07. The molecule has 1 aliphatic rings. The predicted molar refractivity (Wildman–Crippen MR) is 70.5 cm³/mol. The average Bonchev–Trinajstić information content (AvgIpc) is 2.54. The summed E-state index contributed by atoms with van der Waals surface area (Å²) in [7, 11) is 0. The molecule has 0 aromatic carbocycles. The number of thioether (sulfide) groups is 1. The van der Waals surface area contributed by atoms with Gasteiger partial charge in [-0.2, -0.15) is 0 Å². The standard InChI is InChI=1S/C12H22N2O2S/c1-10(9-17-11(2)15)12(16)13-14-7-5-3-4-6-8-14/h10H,3-9H2,1-2H3,(H,13,16). The van der Waals surface area contributed by atoms with Gasteiger partial charge >= 0.3 is 0 Å². The van der Waals surface area contributed by atoms with Crippen LogP contribution in [0.2, 0.25) is 0 Å². The molecule has 0 spiro atoms. The number of nitrogens with zero attached hydrogens (tertiary/aromatic N) is 1. The van der Waals surface area contributed by atoms with Crippen LogP contribution in [0.15, 0.2) is 0 Å². The average molecular weight is 258 g/mol. The van der Waals surface area contributed by atoms with Gasteiger partial charge in [0.15, 0.2) is 5.12 Å². The predicted octanol–water partition coefficient (Wildman–Crippen LogP) is 1.81. The van der Waals surface area contributed by atoms with E-state index in [0.29, 0.717) is 5.75 Å². The molecule has 17 heavy (non-hydrogen) atoms. The van der Waals surface area contributed by atoms with Crippen LogP contribution in [0.3, 0.4) is 0 Å². The van der Waals surface area contributed by atoms with Gasteiger partial charge in [-0.05, 0) is 12.8 Å². The normalized spacial score (nSPS) is 19.4. The lowest BCUT2D eigenvalue weighted by molar-refractivity contribution is -0.128. The van der Waals surface area contributed by atoms with Crippen LogP contribution >= 0.6 is 11.8 Å². The highest BCUT2D eigenvalue weighted by molar-refractivity contribution is 8.13. The fraction of sp³-hybridized carbons (Fsp3) is 0.833. The molecule has 0 radical (unpaired) electrons. The van der Waals surface area contributed by atoms with Gasteiger partial charge in [-0.25, -0.2) is 5.01 Å². The maximum absolute atomic E-state index is 11.9. The number of carbonyl (C=O) groups excluding carboxylic acids is 2. The first-order valence-electron chi connectivity index (χ1n) is 6.28. The summed E-state index contributed by atoms with van der Waals surface area (Å²) in [6.45, 7) is 5.28. The van der Waals surface area contributed by atoms with Gasteiger partial charge in [0, 0.05) is 31.7 Å². The minimum atomic E-state index is -0.118. The fourth-order valence-electron chi connectivity index (χ4n) is 1.77. The van der Waals surface area contributed by atoms with Crippen molar-refractivity contribution in [3.05, 3.63) is 0 Å². The first kappa shape index (κ1) is 14.5. The van der Waals surface area contributed by atoms with Crippen LogP contribution in [0.5, 0.6) is 0 Å². The zero-order chi connectivity index (χ0) is 12.7. The molecular weight excluding hydrogens is 236 g/mol. The Hall–Kier alpha value is -0.550. The first-order valence-corrected chi connectivity index (χ1v) is 7.27. The van der Waals surface area contributed by atoms with Crippen molar-refractivity contribution in [2.75, 3.05) is 18.8 Å². The molecule has 0 aromatic heterocycles. The largest absolute Gasteiger partial charge is 0.289 e. The summed E-state index contributed by atoms with van der Waals surface area (Å²) < 4.78 is 0. The molecule has 1 unspecified atom stereocenters. The molecule has 0 aliphatic carbocycles. The van der Waals surface area contributed by atoms with Gasteiger partial charge < -0.3 is 0 Å². The quantitative estimate of drug-likeness (QED) is 0.835. The molecule has 1 atom stereocenters. The van der Waals surface area contributed by atoms with Gasteiger partial charge in [-0.1, -0.05) is 31.5 Å². The second-order valence-corrected chi connectivity index (χ2v) is 5.78. The third-order valence-corrected chi connectivity index (χ3v) is 3.93. The van der Waals surface area contributed by atoms with E-state index in [1.165, 1.54) is 31.5 Å². The zero-order valence-electron chi connectivity index (χ0n) is 10.7. The summed E-state index contributed by atoms with van der Waals surface area (Å²) in [6, 6.07) is 0. The van der Waals surface area contributed by atoms with Crippen molar-refractivity contribution >= 4 is 22.8 Å². The molecule has 1 aliphatic heterocycles. The molecule has 0 bridgehead atoms. The molecule has 0 saturated carbocycles. The second kappa shape index (κ2) is 7.71. The number of nitrogens with one attached hydrogen (secondary N) is 1. The van der Waals surface area contributed by atoms with Gasteiger partial charge in [0.05, 0.1) is 0 Å². The van der Waals surface area contributed by atoms with Crippen molar-refractivity contribution < 1.29 is 9.59 Å². The van der Waals surface area contributed by atoms with Crippen molar-refractivity contribution in [1.29, 1.82) is 0 Å². The van der Waals surface area contributed by atoms with Gasteiger partial charge in [-0.3, -0.25) is 15.0 Å². The highest BCUT2D eigenvalue weighted by atomic mass is 32.2. The summed E-state index contributed by atoms with van der Waals surface area (Å²) in [5, 5.41) is 2.09. The Morgan fingerprint density at radius 1 is 1.24 bits per heavy atom. The molecule has 1 amide bonds. The lowest BCUT2D eigenvalue weighted by Crippen LogP contribution is -2.45. The number of carbonyl (C=O) groups is 2. The smallest absolute Gasteiger partial charge is 0.237 e. The monoisotopic (exact) mass is 258 g/mol. The topological polar surface area (TPSA) is 49.4 Å². The van der Waals surface area contributed by atoms with Crippen LogP contribution in [-0.2, 0) is 9.59 Å². The Labute approximate surface area is 107 Å². The lowest BCUT2D eigenvalue weighted by Gasteiger charge is -2.22. The molecule has 1 saturated heterocycles. The van der Waals surface area contributed by atoms with Crippen molar-refractivity contribution in [1.82, 2.24) is 10.4 Å². The molecule has 1 rings (SSSR count). The van der Waals surface area contributed by atoms with E-state index in [4.69, 9.17) is 0 Å². The molecule has 1 heterocycles. The molecule has 1 fully saturated rings. The summed E-state index contributed by atoms with van der Waals surface area (Å²) >= 11 is 1.22. The Bertz CT molecular complexity index is 263. The van der Waals surface area contributed by atoms with Gasteiger partial charge in [0.2, 0.25) is 5.91 Å². The van der Waals surface area contributed by atoms with Crippen molar-refractivity contribution in [2.24, 2.45) is 5.92 Å². The molecule has 1 N–H and O–H groups in total. The minimum absolute atomic E-state index is 0.0284. The molecule has 4 nitrogen and oxygen atoms in total. The summed E-state index contributed by atoms with van der Waals surface area (Å²) in [6.07, 6.45) is 4.80. The van der Waals surface area contributed by atoms with Gasteiger partial charge in [-0.15, -0.1) is 0 Å². The summed E-state index contributed by atoms with van der Waals surface area (Å²) in [5.41, 5.74) is 2.95. The van der Waals surface area contributed by atoms with E-state index < -0.39 is 0 Å². The molecule has 0 aromatic rings. The van der Waals surface area contributed by atoms with Gasteiger partial charge in [0.25, 0.3) is 0 Å². The fourth-order valence-corrected chi connectivity index (χ4v) is 2.40. The van der Waals surface area contributed by atoms with E-state index in [1.807, 2.05) is 11.9 Å². The number of hydrogen-bond donors (Lipinski definition) is 1. The van der Waals surface area contributed by atoms with Crippen LogP contribution in [0.25, 0.3) is 0 Å². The number of hydrazine groups is 1. The highest BCUT2D eigenvalue weighted by Gasteiger charge is 2.17. The van der Waals surface area contributed by atoms with Crippen molar-refractivity contribution in [2.45, 2.75) is 39.5 Å². The van der Waals surface area contributed by atoms with Crippen molar-refractivity contribution in [3.63, 3.8) is 0 Å². The molecule has 5 heteroatoms. The molecular formula is C12H22N2O2S. The summed E-state index contributed by atoms with van der Waals surface area (Å²) in [5.74, 6) is 0.474. The van der Waals surface area contributed by atoms with Crippen LogP contribution in [0.4, 0.5) is 0 Å². The third-order valence-electron chi connectivity index (χ3n) is 2.86. The van der Waals surface area contributed by atoms with Gasteiger partial charge in [0.1, 0.15) is 0 Å². The van der Waals surface area contributed by atoms with Crippen molar-refractivity contribution in [3.8, 4) is 0 Å². The lowest BCUT2D eigenvalue weighted by atomic mass is 10.2. The molecule has 98 valence electrons.